The van der Waals surface area contributed by atoms with E-state index in [1.54, 1.807) is 4.31 Å². The second-order valence-electron chi connectivity index (χ2n) is 5.19. The van der Waals surface area contributed by atoms with Gasteiger partial charge in [0.2, 0.25) is 10.0 Å². The summed E-state index contributed by atoms with van der Waals surface area (Å²) in [4.78, 5) is 2.10. The lowest BCUT2D eigenvalue weighted by atomic mass is 10.2. The lowest BCUT2D eigenvalue weighted by molar-refractivity contribution is 0.302. The van der Waals surface area contributed by atoms with Crippen molar-refractivity contribution in [1.29, 1.82) is 0 Å². The first kappa shape index (κ1) is 14.9. The summed E-state index contributed by atoms with van der Waals surface area (Å²) in [5.74, 6) is 0.200. The Balaban J connectivity index is 2.44. The van der Waals surface area contributed by atoms with Crippen molar-refractivity contribution in [3.8, 4) is 0 Å². The van der Waals surface area contributed by atoms with Gasteiger partial charge in [0.25, 0.3) is 0 Å². The highest BCUT2D eigenvalue weighted by molar-refractivity contribution is 7.89. The van der Waals surface area contributed by atoms with Crippen molar-refractivity contribution in [2.24, 2.45) is 0 Å². The summed E-state index contributed by atoms with van der Waals surface area (Å²) in [6.45, 7) is 5.86. The second kappa shape index (κ2) is 6.13. The molecule has 1 rings (SSSR count). The third-order valence-corrected chi connectivity index (χ3v) is 5.00. The van der Waals surface area contributed by atoms with Crippen LogP contribution in [-0.2, 0) is 10.0 Å². The predicted octanol–water partition coefficient (Wildman–Crippen LogP) is -0.0499. The highest BCUT2D eigenvalue weighted by Gasteiger charge is 2.31. The maximum absolute atomic E-state index is 12.0. The zero-order chi connectivity index (χ0) is 13.1. The first-order valence-electron chi connectivity index (χ1n) is 6.20. The molecule has 1 aliphatic rings. The quantitative estimate of drug-likeness (QED) is 0.730. The van der Waals surface area contributed by atoms with Crippen molar-refractivity contribution in [3.63, 3.8) is 0 Å². The van der Waals surface area contributed by atoms with Crippen LogP contribution in [0.5, 0.6) is 0 Å². The Labute approximate surface area is 105 Å². The number of likely N-dealkylation sites (N-methyl/N-ethyl adjacent to an activating group) is 1. The Bertz CT molecular complexity index is 328. The number of nitrogens with one attached hydrogen (secondary N) is 1. The molecule has 1 N–H and O–H groups in total. The minimum Gasteiger partial charge on any atom is -0.313 e. The van der Waals surface area contributed by atoms with Crippen molar-refractivity contribution in [3.05, 3.63) is 0 Å². The Morgan fingerprint density at radius 1 is 1.41 bits per heavy atom. The topological polar surface area (TPSA) is 52.7 Å². The van der Waals surface area contributed by atoms with E-state index in [2.05, 4.69) is 10.2 Å². The molecule has 0 aromatic carbocycles. The van der Waals surface area contributed by atoms with E-state index >= 15 is 0 Å². The first-order valence-corrected chi connectivity index (χ1v) is 7.81. The number of hydrogen-bond donors (Lipinski definition) is 1. The van der Waals surface area contributed by atoms with Gasteiger partial charge in [-0.05, 0) is 20.5 Å². The fraction of sp³-hybridized carbons (Fsp3) is 1.00. The van der Waals surface area contributed by atoms with Crippen LogP contribution in [0.3, 0.4) is 0 Å². The monoisotopic (exact) mass is 263 g/mol. The number of nitrogens with zero attached hydrogens (tertiary/aromatic N) is 2. The van der Waals surface area contributed by atoms with Gasteiger partial charge in [0, 0.05) is 31.7 Å². The van der Waals surface area contributed by atoms with E-state index in [0.29, 0.717) is 31.7 Å². The zero-order valence-corrected chi connectivity index (χ0v) is 12.1. The van der Waals surface area contributed by atoms with Gasteiger partial charge in [0.15, 0.2) is 0 Å². The molecule has 0 aliphatic carbocycles. The van der Waals surface area contributed by atoms with E-state index in [1.807, 2.05) is 27.9 Å². The molecule has 0 aromatic rings. The van der Waals surface area contributed by atoms with Gasteiger partial charge in [-0.25, -0.2) is 12.7 Å². The standard InChI is InChI=1S/C11H25N3O2S/c1-10(2)12-6-8-17(15,16)14-7-5-11(9-14)13(3)4/h10-12H,5-9H2,1-4H3. The molecule has 0 radical (unpaired) electrons. The summed E-state index contributed by atoms with van der Waals surface area (Å²) in [6.07, 6.45) is 0.934. The maximum atomic E-state index is 12.0. The molecule has 1 fully saturated rings. The molecule has 1 unspecified atom stereocenters. The van der Waals surface area contributed by atoms with E-state index in [0.717, 1.165) is 6.42 Å². The molecule has 0 aromatic heterocycles. The molecule has 6 heteroatoms. The molecule has 1 atom stereocenters. The van der Waals surface area contributed by atoms with Crippen molar-refractivity contribution in [1.82, 2.24) is 14.5 Å². The highest BCUT2D eigenvalue weighted by atomic mass is 32.2. The molecule has 0 spiro atoms. The van der Waals surface area contributed by atoms with Crippen LogP contribution in [-0.4, -0.2) is 69.2 Å². The summed E-state index contributed by atoms with van der Waals surface area (Å²) >= 11 is 0. The van der Waals surface area contributed by atoms with E-state index in [9.17, 15) is 8.42 Å². The summed E-state index contributed by atoms with van der Waals surface area (Å²) in [7, 11) is 0.924. The van der Waals surface area contributed by atoms with Gasteiger partial charge in [-0.15, -0.1) is 0 Å². The van der Waals surface area contributed by atoms with Crippen LogP contribution in [0.1, 0.15) is 20.3 Å². The van der Waals surface area contributed by atoms with Gasteiger partial charge < -0.3 is 10.2 Å². The molecule has 5 nitrogen and oxygen atoms in total. The van der Waals surface area contributed by atoms with Crippen LogP contribution >= 0.6 is 0 Å². The molecule has 1 saturated heterocycles. The molecule has 1 heterocycles. The van der Waals surface area contributed by atoms with Crippen LogP contribution in [0.4, 0.5) is 0 Å². The lowest BCUT2D eigenvalue weighted by Gasteiger charge is -2.20. The second-order valence-corrected chi connectivity index (χ2v) is 7.28. The molecular formula is C11H25N3O2S. The molecular weight excluding hydrogens is 238 g/mol. The van der Waals surface area contributed by atoms with Gasteiger partial charge in [-0.2, -0.15) is 0 Å². The van der Waals surface area contributed by atoms with Gasteiger partial charge >= 0.3 is 0 Å². The summed E-state index contributed by atoms with van der Waals surface area (Å²) in [5, 5.41) is 3.14. The first-order chi connectivity index (χ1) is 7.83. The lowest BCUT2D eigenvalue weighted by Crippen LogP contribution is -2.38. The largest absolute Gasteiger partial charge is 0.313 e. The highest BCUT2D eigenvalue weighted by Crippen LogP contribution is 2.16. The molecule has 0 bridgehead atoms. The van der Waals surface area contributed by atoms with Crippen molar-refractivity contribution in [2.75, 3.05) is 39.5 Å². The summed E-state index contributed by atoms with van der Waals surface area (Å²) in [5.41, 5.74) is 0. The average Bonchev–Trinajstić information content (AvgIpc) is 2.65. The summed E-state index contributed by atoms with van der Waals surface area (Å²) < 4.78 is 25.7. The van der Waals surface area contributed by atoms with Crippen molar-refractivity contribution >= 4 is 10.0 Å². The Hall–Kier alpha value is -0.170. The third kappa shape index (κ3) is 4.54. The maximum Gasteiger partial charge on any atom is 0.215 e. The molecule has 17 heavy (non-hydrogen) atoms. The van der Waals surface area contributed by atoms with Crippen LogP contribution in [0, 0.1) is 0 Å². The number of rotatable bonds is 6. The SMILES string of the molecule is CC(C)NCCS(=O)(=O)N1CCC(N(C)C)C1. The van der Waals surface area contributed by atoms with E-state index in [-0.39, 0.29) is 5.75 Å². The molecule has 102 valence electrons. The van der Waals surface area contributed by atoms with E-state index in [4.69, 9.17) is 0 Å². The summed E-state index contributed by atoms with van der Waals surface area (Å²) in [6, 6.07) is 0.695. The van der Waals surface area contributed by atoms with Gasteiger partial charge in [0.1, 0.15) is 0 Å². The Morgan fingerprint density at radius 3 is 2.53 bits per heavy atom. The zero-order valence-electron chi connectivity index (χ0n) is 11.3. The normalized spacial score (nSPS) is 22.8. The van der Waals surface area contributed by atoms with Crippen LogP contribution in [0.15, 0.2) is 0 Å². The Morgan fingerprint density at radius 2 is 2.06 bits per heavy atom. The predicted molar refractivity (Wildman–Crippen MR) is 70.6 cm³/mol. The number of hydrogen-bond acceptors (Lipinski definition) is 4. The molecule has 0 amide bonds. The van der Waals surface area contributed by atoms with Crippen LogP contribution in [0.2, 0.25) is 0 Å². The van der Waals surface area contributed by atoms with Gasteiger partial charge in [-0.3, -0.25) is 0 Å². The minimum absolute atomic E-state index is 0.200. The van der Waals surface area contributed by atoms with Crippen LogP contribution in [0.25, 0.3) is 0 Å². The number of sulfonamides is 1. The molecule has 0 saturated carbocycles. The van der Waals surface area contributed by atoms with Crippen molar-refractivity contribution < 1.29 is 8.42 Å². The smallest absolute Gasteiger partial charge is 0.215 e. The average molecular weight is 263 g/mol. The van der Waals surface area contributed by atoms with E-state index in [1.165, 1.54) is 0 Å². The van der Waals surface area contributed by atoms with Crippen LogP contribution < -0.4 is 5.32 Å². The third-order valence-electron chi connectivity index (χ3n) is 3.16. The van der Waals surface area contributed by atoms with Crippen molar-refractivity contribution in [2.45, 2.75) is 32.4 Å². The molecule has 1 aliphatic heterocycles. The fourth-order valence-electron chi connectivity index (χ4n) is 1.99. The minimum atomic E-state index is -3.08. The van der Waals surface area contributed by atoms with Gasteiger partial charge in [0.05, 0.1) is 5.75 Å². The van der Waals surface area contributed by atoms with Gasteiger partial charge in [-0.1, -0.05) is 13.8 Å². The van der Waals surface area contributed by atoms with E-state index < -0.39 is 10.0 Å². The Kier molecular flexibility index (Phi) is 5.37. The fourth-order valence-corrected chi connectivity index (χ4v) is 3.41.